The average molecular weight is 266 g/mol. The third kappa shape index (κ3) is 6.65. The van der Waals surface area contributed by atoms with Crippen LogP contribution in [0.15, 0.2) is 12.3 Å². The summed E-state index contributed by atoms with van der Waals surface area (Å²) in [7, 11) is 0. The van der Waals surface area contributed by atoms with Gasteiger partial charge in [0.25, 0.3) is 0 Å². The Hall–Kier alpha value is -0.990. The average Bonchev–Trinajstić information content (AvgIpc) is 2.42. The zero-order chi connectivity index (χ0) is 13.9. The molecule has 0 saturated carbocycles. The molecule has 2 nitrogen and oxygen atoms in total. The molecule has 0 N–H and O–H groups in total. The molecule has 108 valence electrons. The van der Waals surface area contributed by atoms with E-state index in [0.717, 1.165) is 12.8 Å². The van der Waals surface area contributed by atoms with E-state index in [1.54, 1.807) is 0 Å². The van der Waals surface area contributed by atoms with Gasteiger partial charge in [-0.3, -0.25) is 0 Å². The number of rotatable bonds is 10. The van der Waals surface area contributed by atoms with E-state index < -0.39 is 5.95 Å². The number of hydrogen-bond donors (Lipinski definition) is 0. The van der Waals surface area contributed by atoms with E-state index in [4.69, 9.17) is 0 Å². The molecule has 1 atom stereocenters. The highest BCUT2D eigenvalue weighted by molar-refractivity contribution is 4.98. The van der Waals surface area contributed by atoms with Crippen LogP contribution in [0.3, 0.4) is 0 Å². The minimum atomic E-state index is -0.405. The van der Waals surface area contributed by atoms with Crippen LogP contribution < -0.4 is 0 Å². The summed E-state index contributed by atoms with van der Waals surface area (Å²) < 4.78 is 13.2. The first-order valence-electron chi connectivity index (χ1n) is 7.76. The Balaban J connectivity index is 2.47. The molecule has 0 fully saturated rings. The topological polar surface area (TPSA) is 25.8 Å². The van der Waals surface area contributed by atoms with Crippen LogP contribution in [0.2, 0.25) is 0 Å². The third-order valence-corrected chi connectivity index (χ3v) is 3.57. The molecule has 3 heteroatoms. The molecule has 0 aliphatic heterocycles. The fraction of sp³-hybridized carbons (Fsp3) is 0.750. The minimum absolute atomic E-state index is 0.331. The van der Waals surface area contributed by atoms with Crippen molar-refractivity contribution in [3.63, 3.8) is 0 Å². The molecule has 1 heterocycles. The SMILES string of the molecule is CCCCCCCC(CCCC)c1nccc(F)n1. The van der Waals surface area contributed by atoms with Crippen LogP contribution in [0, 0.1) is 5.95 Å². The lowest BCUT2D eigenvalue weighted by molar-refractivity contribution is 0.473. The summed E-state index contributed by atoms with van der Waals surface area (Å²) in [6.07, 6.45) is 12.4. The molecule has 0 radical (unpaired) electrons. The van der Waals surface area contributed by atoms with E-state index >= 15 is 0 Å². The molecule has 1 aromatic rings. The maximum Gasteiger partial charge on any atom is 0.216 e. The molecule has 0 saturated heterocycles. The van der Waals surface area contributed by atoms with Gasteiger partial charge in [0.05, 0.1) is 0 Å². The Labute approximate surface area is 116 Å². The zero-order valence-electron chi connectivity index (χ0n) is 12.4. The van der Waals surface area contributed by atoms with Crippen LogP contribution in [0.4, 0.5) is 4.39 Å². The van der Waals surface area contributed by atoms with Gasteiger partial charge >= 0.3 is 0 Å². The highest BCUT2D eigenvalue weighted by Gasteiger charge is 2.14. The largest absolute Gasteiger partial charge is 0.241 e. The van der Waals surface area contributed by atoms with Crippen LogP contribution in [0.25, 0.3) is 0 Å². The quantitative estimate of drug-likeness (QED) is 0.427. The Morgan fingerprint density at radius 2 is 1.68 bits per heavy atom. The van der Waals surface area contributed by atoms with Gasteiger partial charge < -0.3 is 0 Å². The van der Waals surface area contributed by atoms with Gasteiger partial charge in [0.2, 0.25) is 5.95 Å². The second kappa shape index (κ2) is 9.88. The molecule has 0 aliphatic rings. The van der Waals surface area contributed by atoms with Crippen LogP contribution >= 0.6 is 0 Å². The molecule has 1 aromatic heterocycles. The maximum atomic E-state index is 13.2. The molecule has 0 aromatic carbocycles. The lowest BCUT2D eigenvalue weighted by Gasteiger charge is -2.15. The molecule has 1 rings (SSSR count). The van der Waals surface area contributed by atoms with E-state index in [2.05, 4.69) is 23.8 Å². The summed E-state index contributed by atoms with van der Waals surface area (Å²) in [5, 5.41) is 0. The van der Waals surface area contributed by atoms with Crippen LogP contribution in [-0.4, -0.2) is 9.97 Å². The van der Waals surface area contributed by atoms with Crippen LogP contribution in [0.1, 0.15) is 83.4 Å². The van der Waals surface area contributed by atoms with Crippen molar-refractivity contribution in [3.05, 3.63) is 24.0 Å². The zero-order valence-corrected chi connectivity index (χ0v) is 12.4. The first-order chi connectivity index (χ1) is 9.27. The Kier molecular flexibility index (Phi) is 8.35. The fourth-order valence-corrected chi connectivity index (χ4v) is 2.39. The maximum absolute atomic E-state index is 13.2. The number of hydrogen-bond acceptors (Lipinski definition) is 2. The van der Waals surface area contributed by atoms with Gasteiger partial charge in [-0.15, -0.1) is 0 Å². The molecule has 19 heavy (non-hydrogen) atoms. The lowest BCUT2D eigenvalue weighted by Crippen LogP contribution is -2.06. The van der Waals surface area contributed by atoms with E-state index in [1.165, 1.54) is 57.2 Å². The molecule has 0 amide bonds. The molecule has 0 bridgehead atoms. The Morgan fingerprint density at radius 1 is 1.00 bits per heavy atom. The Morgan fingerprint density at radius 3 is 2.37 bits per heavy atom. The van der Waals surface area contributed by atoms with Gasteiger partial charge in [-0.05, 0) is 12.8 Å². The predicted octanol–water partition coefficient (Wildman–Crippen LogP) is 5.25. The van der Waals surface area contributed by atoms with Crippen molar-refractivity contribution in [2.45, 2.75) is 77.6 Å². The summed E-state index contributed by atoms with van der Waals surface area (Å²) in [4.78, 5) is 8.22. The van der Waals surface area contributed by atoms with Crippen molar-refractivity contribution in [1.82, 2.24) is 9.97 Å². The summed E-state index contributed by atoms with van der Waals surface area (Å²) in [5.74, 6) is 0.624. The lowest BCUT2D eigenvalue weighted by atomic mass is 9.94. The number of halogens is 1. The standard InChI is InChI=1S/C16H27FN2/c1-3-5-7-8-9-11-14(10-6-4-2)16-18-13-12-15(17)19-16/h12-14H,3-11H2,1-2H3. The second-order valence-electron chi connectivity index (χ2n) is 5.28. The highest BCUT2D eigenvalue weighted by Crippen LogP contribution is 2.25. The minimum Gasteiger partial charge on any atom is -0.241 e. The van der Waals surface area contributed by atoms with E-state index in [-0.39, 0.29) is 0 Å². The predicted molar refractivity (Wildman–Crippen MR) is 77.6 cm³/mol. The fourth-order valence-electron chi connectivity index (χ4n) is 2.39. The highest BCUT2D eigenvalue weighted by atomic mass is 19.1. The third-order valence-electron chi connectivity index (χ3n) is 3.57. The molecule has 1 unspecified atom stereocenters. The van der Waals surface area contributed by atoms with E-state index in [9.17, 15) is 4.39 Å². The van der Waals surface area contributed by atoms with Gasteiger partial charge in [0, 0.05) is 18.2 Å². The van der Waals surface area contributed by atoms with Crippen molar-refractivity contribution in [3.8, 4) is 0 Å². The number of aromatic nitrogens is 2. The van der Waals surface area contributed by atoms with Gasteiger partial charge in [-0.25, -0.2) is 9.97 Å². The van der Waals surface area contributed by atoms with Gasteiger partial charge in [-0.2, -0.15) is 4.39 Å². The first kappa shape index (κ1) is 16.1. The van der Waals surface area contributed by atoms with Gasteiger partial charge in [0.1, 0.15) is 5.82 Å². The van der Waals surface area contributed by atoms with Crippen molar-refractivity contribution < 1.29 is 4.39 Å². The van der Waals surface area contributed by atoms with E-state index in [1.807, 2.05) is 0 Å². The van der Waals surface area contributed by atoms with E-state index in [0.29, 0.717) is 11.7 Å². The monoisotopic (exact) mass is 266 g/mol. The number of unbranched alkanes of at least 4 members (excludes halogenated alkanes) is 5. The number of nitrogens with zero attached hydrogens (tertiary/aromatic N) is 2. The molecular weight excluding hydrogens is 239 g/mol. The van der Waals surface area contributed by atoms with Crippen LogP contribution in [-0.2, 0) is 0 Å². The summed E-state index contributed by atoms with van der Waals surface area (Å²) >= 11 is 0. The van der Waals surface area contributed by atoms with Crippen molar-refractivity contribution >= 4 is 0 Å². The summed E-state index contributed by atoms with van der Waals surface area (Å²) in [6.45, 7) is 4.41. The van der Waals surface area contributed by atoms with Gasteiger partial charge in [-0.1, -0.05) is 58.8 Å². The van der Waals surface area contributed by atoms with Crippen molar-refractivity contribution in [1.29, 1.82) is 0 Å². The van der Waals surface area contributed by atoms with Crippen molar-refractivity contribution in [2.75, 3.05) is 0 Å². The normalized spacial score (nSPS) is 12.6. The second-order valence-corrected chi connectivity index (χ2v) is 5.28. The summed E-state index contributed by atoms with van der Waals surface area (Å²) in [5.41, 5.74) is 0. The van der Waals surface area contributed by atoms with Gasteiger partial charge in [0.15, 0.2) is 0 Å². The Bertz CT molecular complexity index is 341. The van der Waals surface area contributed by atoms with Crippen molar-refractivity contribution in [2.24, 2.45) is 0 Å². The first-order valence-corrected chi connectivity index (χ1v) is 7.76. The molecule has 0 spiro atoms. The summed E-state index contributed by atoms with van der Waals surface area (Å²) in [6, 6.07) is 1.32. The smallest absolute Gasteiger partial charge is 0.216 e. The molecular formula is C16H27FN2. The molecule has 0 aliphatic carbocycles. The van der Waals surface area contributed by atoms with Crippen LogP contribution in [0.5, 0.6) is 0 Å².